The Morgan fingerprint density at radius 1 is 0.606 bits per heavy atom. The van der Waals surface area contributed by atoms with Crippen molar-refractivity contribution in [2.45, 2.75) is 4.90 Å². The van der Waals surface area contributed by atoms with Crippen LogP contribution in [0.2, 0.25) is 0 Å². The van der Waals surface area contributed by atoms with Crippen molar-refractivity contribution in [2.75, 3.05) is 16.4 Å². The molecule has 164 valence electrons. The number of benzene rings is 4. The lowest BCUT2D eigenvalue weighted by Crippen LogP contribution is -2.02. The van der Waals surface area contributed by atoms with Crippen LogP contribution in [-0.2, 0) is 0 Å². The summed E-state index contributed by atoms with van der Waals surface area (Å²) < 4.78 is 1.09. The first kappa shape index (κ1) is 22.6. The highest BCUT2D eigenvalue weighted by atomic mass is 79.9. The fourth-order valence-corrected chi connectivity index (χ4v) is 3.42. The van der Waals surface area contributed by atoms with Crippen LogP contribution in [0.3, 0.4) is 0 Å². The van der Waals surface area contributed by atoms with Gasteiger partial charge in [-0.3, -0.25) is 0 Å². The molecule has 0 unspecified atom stereocenters. The molecule has 7 heteroatoms. The molecule has 0 bridgehead atoms. The van der Waals surface area contributed by atoms with Gasteiger partial charge in [-0.25, -0.2) is 9.97 Å². The zero-order valence-electron chi connectivity index (χ0n) is 17.6. The van der Waals surface area contributed by atoms with E-state index in [0.29, 0.717) is 11.6 Å². The standard InChI is InChI=1S/C20H17N5.C6H5BrS/c21-19-20(25-18-9-5-4-8-17(18)24-19)23-16-12-10-15(11-13-16)22-14-6-2-1-3-7-14;7-5-1-3-6(8)4-2-5/h1-13,22H,(H2,21,24)(H,23,25);1-4,8H. The first-order valence-corrected chi connectivity index (χ1v) is 11.5. The van der Waals surface area contributed by atoms with Gasteiger partial charge in [-0.1, -0.05) is 46.3 Å². The lowest BCUT2D eigenvalue weighted by molar-refractivity contribution is 1.29. The van der Waals surface area contributed by atoms with E-state index in [2.05, 4.69) is 49.2 Å². The molecule has 1 heterocycles. The fraction of sp³-hybridized carbons (Fsp3) is 0. The van der Waals surface area contributed by atoms with Crippen LogP contribution >= 0.6 is 28.6 Å². The second-order valence-electron chi connectivity index (χ2n) is 7.12. The Hall–Kier alpha value is -3.55. The number of anilines is 5. The first-order chi connectivity index (χ1) is 16.1. The Balaban J connectivity index is 0.000000275. The molecule has 5 nitrogen and oxygen atoms in total. The summed E-state index contributed by atoms with van der Waals surface area (Å²) in [6.07, 6.45) is 0. The zero-order valence-corrected chi connectivity index (χ0v) is 20.1. The maximum Gasteiger partial charge on any atom is 0.174 e. The van der Waals surface area contributed by atoms with Gasteiger partial charge in [-0.05, 0) is 72.8 Å². The third-order valence-electron chi connectivity index (χ3n) is 4.63. The van der Waals surface area contributed by atoms with Gasteiger partial charge < -0.3 is 16.4 Å². The number of halogens is 1. The van der Waals surface area contributed by atoms with E-state index >= 15 is 0 Å². The van der Waals surface area contributed by atoms with Gasteiger partial charge in [0.1, 0.15) is 0 Å². The minimum atomic E-state index is 0.380. The second-order valence-corrected chi connectivity index (χ2v) is 8.55. The molecule has 0 aliphatic rings. The van der Waals surface area contributed by atoms with Crippen LogP contribution in [0.25, 0.3) is 11.0 Å². The predicted molar refractivity (Wildman–Crippen MR) is 145 cm³/mol. The summed E-state index contributed by atoms with van der Waals surface area (Å²) in [6.45, 7) is 0. The van der Waals surface area contributed by atoms with E-state index in [0.717, 1.165) is 37.5 Å². The van der Waals surface area contributed by atoms with Crippen LogP contribution in [0, 0.1) is 0 Å². The van der Waals surface area contributed by atoms with E-state index in [-0.39, 0.29) is 0 Å². The highest BCUT2D eigenvalue weighted by Gasteiger charge is 2.06. The van der Waals surface area contributed by atoms with Crippen LogP contribution in [0.4, 0.5) is 28.7 Å². The number of para-hydroxylation sites is 3. The van der Waals surface area contributed by atoms with Crippen molar-refractivity contribution in [3.63, 3.8) is 0 Å². The number of rotatable bonds is 4. The maximum atomic E-state index is 6.02. The molecule has 0 fully saturated rings. The molecule has 0 spiro atoms. The van der Waals surface area contributed by atoms with Crippen molar-refractivity contribution in [2.24, 2.45) is 0 Å². The normalized spacial score (nSPS) is 10.2. The summed E-state index contributed by atoms with van der Waals surface area (Å²) in [5, 5.41) is 6.58. The Bertz CT molecular complexity index is 1310. The summed E-state index contributed by atoms with van der Waals surface area (Å²) in [5.41, 5.74) is 10.6. The number of nitrogen functional groups attached to an aromatic ring is 1. The maximum absolute atomic E-state index is 6.02. The smallest absolute Gasteiger partial charge is 0.174 e. The molecule has 0 amide bonds. The van der Waals surface area contributed by atoms with Gasteiger partial charge in [0.15, 0.2) is 11.6 Å². The van der Waals surface area contributed by atoms with Gasteiger partial charge in [0.25, 0.3) is 0 Å². The lowest BCUT2D eigenvalue weighted by Gasteiger charge is -2.10. The summed E-state index contributed by atoms with van der Waals surface area (Å²) >= 11 is 7.42. The number of nitrogens with zero attached hydrogens (tertiary/aromatic N) is 2. The number of nitrogens with two attached hydrogens (primary N) is 1. The van der Waals surface area contributed by atoms with E-state index in [1.54, 1.807) is 0 Å². The summed E-state index contributed by atoms with van der Waals surface area (Å²) in [5.74, 6) is 0.938. The second kappa shape index (κ2) is 10.8. The SMILES string of the molecule is Nc1nc2ccccc2nc1Nc1ccc(Nc2ccccc2)cc1.Sc1ccc(Br)cc1. The third kappa shape index (κ3) is 6.47. The van der Waals surface area contributed by atoms with Crippen LogP contribution in [-0.4, -0.2) is 9.97 Å². The number of hydrogen-bond acceptors (Lipinski definition) is 6. The molecule has 5 rings (SSSR count). The highest BCUT2D eigenvalue weighted by Crippen LogP contribution is 2.24. The Morgan fingerprint density at radius 2 is 1.12 bits per heavy atom. The molecule has 1 aromatic heterocycles. The van der Waals surface area contributed by atoms with Crippen molar-refractivity contribution in [3.05, 3.63) is 108 Å². The molecule has 33 heavy (non-hydrogen) atoms. The van der Waals surface area contributed by atoms with E-state index in [9.17, 15) is 0 Å². The minimum Gasteiger partial charge on any atom is -0.381 e. The van der Waals surface area contributed by atoms with Gasteiger partial charge in [0.05, 0.1) is 11.0 Å². The topological polar surface area (TPSA) is 75.9 Å². The van der Waals surface area contributed by atoms with Gasteiger partial charge >= 0.3 is 0 Å². The Morgan fingerprint density at radius 3 is 1.73 bits per heavy atom. The highest BCUT2D eigenvalue weighted by molar-refractivity contribution is 9.10. The molecule has 0 aliphatic heterocycles. The van der Waals surface area contributed by atoms with E-state index in [1.165, 1.54) is 0 Å². The minimum absolute atomic E-state index is 0.380. The van der Waals surface area contributed by atoms with Crippen molar-refractivity contribution in [1.82, 2.24) is 9.97 Å². The van der Waals surface area contributed by atoms with Gasteiger partial charge in [-0.15, -0.1) is 12.6 Å². The molecular weight excluding hydrogens is 494 g/mol. The predicted octanol–water partition coefficient (Wildman–Crippen LogP) is 7.44. The molecule has 0 radical (unpaired) electrons. The number of aromatic nitrogens is 2. The van der Waals surface area contributed by atoms with Gasteiger partial charge in [0.2, 0.25) is 0 Å². The van der Waals surface area contributed by atoms with Crippen LogP contribution in [0.5, 0.6) is 0 Å². The monoisotopic (exact) mass is 515 g/mol. The van der Waals surface area contributed by atoms with E-state index in [4.69, 9.17) is 5.73 Å². The average molecular weight is 516 g/mol. The first-order valence-electron chi connectivity index (χ1n) is 10.2. The lowest BCUT2D eigenvalue weighted by atomic mass is 10.2. The molecule has 4 N–H and O–H groups in total. The number of nitrogens with one attached hydrogen (secondary N) is 2. The molecular formula is C26H22BrN5S. The zero-order chi connectivity index (χ0) is 23.0. The quantitative estimate of drug-likeness (QED) is 0.187. The third-order valence-corrected chi connectivity index (χ3v) is 5.46. The number of hydrogen-bond donors (Lipinski definition) is 4. The number of thiol groups is 1. The van der Waals surface area contributed by atoms with Crippen LogP contribution in [0.1, 0.15) is 0 Å². The Kier molecular flexibility index (Phi) is 7.44. The number of fused-ring (bicyclic) bond motifs is 1. The van der Waals surface area contributed by atoms with Crippen molar-refractivity contribution < 1.29 is 0 Å². The summed E-state index contributed by atoms with van der Waals surface area (Å²) in [4.78, 5) is 9.93. The summed E-state index contributed by atoms with van der Waals surface area (Å²) in [6, 6.07) is 33.4. The van der Waals surface area contributed by atoms with Crippen LogP contribution < -0.4 is 16.4 Å². The molecule has 0 saturated heterocycles. The van der Waals surface area contributed by atoms with Crippen molar-refractivity contribution >= 4 is 68.3 Å². The Labute approximate surface area is 206 Å². The molecule has 5 aromatic rings. The fourth-order valence-electron chi connectivity index (χ4n) is 3.01. The van der Waals surface area contributed by atoms with Crippen molar-refractivity contribution in [3.8, 4) is 0 Å². The van der Waals surface area contributed by atoms with E-state index in [1.807, 2.05) is 103 Å². The average Bonchev–Trinajstić information content (AvgIpc) is 2.84. The van der Waals surface area contributed by atoms with Crippen LogP contribution in [0.15, 0.2) is 112 Å². The molecule has 0 saturated carbocycles. The molecule has 0 aliphatic carbocycles. The van der Waals surface area contributed by atoms with E-state index < -0.39 is 0 Å². The molecule has 0 atom stereocenters. The molecule has 4 aromatic carbocycles. The van der Waals surface area contributed by atoms with Crippen molar-refractivity contribution in [1.29, 1.82) is 0 Å². The van der Waals surface area contributed by atoms with Gasteiger partial charge in [0, 0.05) is 26.4 Å². The largest absolute Gasteiger partial charge is 0.381 e. The van der Waals surface area contributed by atoms with Gasteiger partial charge in [-0.2, -0.15) is 0 Å². The summed E-state index contributed by atoms with van der Waals surface area (Å²) in [7, 11) is 0.